The van der Waals surface area contributed by atoms with Crippen molar-refractivity contribution in [3.8, 4) is 16.2 Å². The second-order valence-electron chi connectivity index (χ2n) is 6.78. The molecule has 5 rings (SSSR count). The smallest absolute Gasteiger partial charge is 0.266 e. The molecule has 1 fully saturated rings. The normalized spacial score (nSPS) is 14.5. The highest BCUT2D eigenvalue weighted by Crippen LogP contribution is 2.36. The Kier molecular flexibility index (Phi) is 3.50. The molecule has 1 aliphatic rings. The number of hydrogen-bond acceptors (Lipinski definition) is 4. The number of nitrogens with zero attached hydrogens (tertiary/aromatic N) is 1. The van der Waals surface area contributed by atoms with Crippen LogP contribution in [0.2, 0.25) is 0 Å². The van der Waals surface area contributed by atoms with Gasteiger partial charge in [-0.2, -0.15) is 0 Å². The van der Waals surface area contributed by atoms with Gasteiger partial charge in [0.2, 0.25) is 0 Å². The summed E-state index contributed by atoms with van der Waals surface area (Å²) < 4.78 is 0.749. The predicted octanol–water partition coefficient (Wildman–Crippen LogP) is 4.72. The van der Waals surface area contributed by atoms with Crippen molar-refractivity contribution in [2.24, 2.45) is 0 Å². The summed E-state index contributed by atoms with van der Waals surface area (Å²) in [6.07, 6.45) is 2.48. The van der Waals surface area contributed by atoms with E-state index in [0.29, 0.717) is 0 Å². The molecule has 130 valence electrons. The van der Waals surface area contributed by atoms with Gasteiger partial charge in [0.05, 0.1) is 0 Å². The lowest BCUT2D eigenvalue weighted by atomic mass is 10.1. The molecule has 0 atom stereocenters. The van der Waals surface area contributed by atoms with Crippen LogP contribution in [0.3, 0.4) is 0 Å². The van der Waals surface area contributed by atoms with E-state index >= 15 is 0 Å². The average Bonchev–Trinajstić information content (AvgIpc) is 3.33. The highest BCUT2D eigenvalue weighted by molar-refractivity contribution is 7.22. The molecule has 0 saturated carbocycles. The van der Waals surface area contributed by atoms with Crippen LogP contribution in [0.1, 0.15) is 12.8 Å². The van der Waals surface area contributed by atoms with E-state index in [9.17, 15) is 9.90 Å². The third-order valence-electron chi connectivity index (χ3n) is 5.10. The zero-order chi connectivity index (χ0) is 17.7. The second-order valence-corrected chi connectivity index (χ2v) is 7.83. The molecule has 0 spiro atoms. The van der Waals surface area contributed by atoms with Gasteiger partial charge in [0.15, 0.2) is 0 Å². The molecule has 0 aliphatic carbocycles. The zero-order valence-corrected chi connectivity index (χ0v) is 15.0. The van der Waals surface area contributed by atoms with E-state index < -0.39 is 0 Å². The van der Waals surface area contributed by atoms with Crippen LogP contribution in [0.25, 0.3) is 31.4 Å². The highest BCUT2D eigenvalue weighted by Gasteiger charge is 2.15. The lowest BCUT2D eigenvalue weighted by Gasteiger charge is -2.18. The maximum absolute atomic E-state index is 12.5. The number of phenolic OH excluding ortho intramolecular Hbond substituents is 1. The number of anilines is 1. The number of nitrogens with one attached hydrogen (secondary N) is 1. The summed E-state index contributed by atoms with van der Waals surface area (Å²) >= 11 is 1.50. The molecule has 1 saturated heterocycles. The fourth-order valence-electron chi connectivity index (χ4n) is 3.74. The van der Waals surface area contributed by atoms with Gasteiger partial charge >= 0.3 is 0 Å². The van der Waals surface area contributed by atoms with Gasteiger partial charge in [0.25, 0.3) is 5.56 Å². The van der Waals surface area contributed by atoms with Crippen molar-refractivity contribution in [1.29, 1.82) is 0 Å². The summed E-state index contributed by atoms with van der Waals surface area (Å²) in [5, 5.41) is 11.6. The number of pyridine rings is 1. The van der Waals surface area contributed by atoms with E-state index in [-0.39, 0.29) is 11.3 Å². The Hall–Kier alpha value is -2.79. The first-order valence-corrected chi connectivity index (χ1v) is 9.65. The molecule has 0 amide bonds. The van der Waals surface area contributed by atoms with E-state index in [2.05, 4.69) is 28.1 Å². The Bertz CT molecular complexity index is 1170. The summed E-state index contributed by atoms with van der Waals surface area (Å²) in [5.41, 5.74) is 3.06. The van der Waals surface area contributed by atoms with E-state index in [0.717, 1.165) is 44.5 Å². The van der Waals surface area contributed by atoms with E-state index in [1.165, 1.54) is 29.9 Å². The number of H-pyrrole nitrogens is 1. The van der Waals surface area contributed by atoms with Gasteiger partial charge in [0, 0.05) is 39.9 Å². The first kappa shape index (κ1) is 15.5. The molecule has 4 nitrogen and oxygen atoms in total. The molecule has 1 aliphatic heterocycles. The Labute approximate surface area is 154 Å². The fraction of sp³-hybridized carbons (Fsp3) is 0.190. The summed E-state index contributed by atoms with van der Waals surface area (Å²) in [6.45, 7) is 2.20. The maximum atomic E-state index is 12.5. The number of benzene rings is 2. The molecule has 2 aromatic heterocycles. The van der Waals surface area contributed by atoms with Crippen molar-refractivity contribution in [1.82, 2.24) is 4.98 Å². The molecule has 2 N–H and O–H groups in total. The summed E-state index contributed by atoms with van der Waals surface area (Å²) in [7, 11) is 0. The summed E-state index contributed by atoms with van der Waals surface area (Å²) in [5.74, 6) is 0.244. The Balaban J connectivity index is 1.73. The molecule has 4 aromatic rings. The lowest BCUT2D eigenvalue weighted by molar-refractivity contribution is 0.475. The van der Waals surface area contributed by atoms with Gasteiger partial charge in [-0.1, -0.05) is 0 Å². The first-order valence-electron chi connectivity index (χ1n) is 8.83. The van der Waals surface area contributed by atoms with Crippen LogP contribution in [0.5, 0.6) is 5.75 Å². The number of aromatic nitrogens is 1. The highest BCUT2D eigenvalue weighted by atomic mass is 32.1. The first-order chi connectivity index (χ1) is 12.7. The van der Waals surface area contributed by atoms with Gasteiger partial charge in [-0.05, 0) is 66.9 Å². The van der Waals surface area contributed by atoms with Crippen LogP contribution >= 0.6 is 11.3 Å². The molecule has 5 heteroatoms. The molecule has 0 radical (unpaired) electrons. The molecular weight excluding hydrogens is 344 g/mol. The standard InChI is InChI=1S/C21H18N2O2S/c24-15-6-3-13(4-7-15)19-12-17-16-11-14(23-9-1-2-10-23)5-8-18(16)22-21(25)20(17)26-19/h3-8,11-12,24H,1-2,9-10H2,(H,22,25). The van der Waals surface area contributed by atoms with Crippen molar-refractivity contribution >= 4 is 38.0 Å². The van der Waals surface area contributed by atoms with Crippen molar-refractivity contribution in [2.45, 2.75) is 12.8 Å². The number of rotatable bonds is 2. The summed E-state index contributed by atoms with van der Waals surface area (Å²) in [6, 6.07) is 15.5. The minimum absolute atomic E-state index is 0.0450. The van der Waals surface area contributed by atoms with E-state index in [1.54, 1.807) is 12.1 Å². The lowest BCUT2D eigenvalue weighted by Crippen LogP contribution is -2.17. The average molecular weight is 362 g/mol. The SMILES string of the molecule is O=c1[nH]c2ccc(N3CCCC3)cc2c2cc(-c3ccc(O)cc3)sc12. The number of fused-ring (bicyclic) bond motifs is 3. The maximum Gasteiger partial charge on any atom is 0.266 e. The minimum Gasteiger partial charge on any atom is -0.508 e. The molecule has 2 aromatic carbocycles. The van der Waals surface area contributed by atoms with Gasteiger partial charge < -0.3 is 15.0 Å². The Morgan fingerprint density at radius 3 is 2.50 bits per heavy atom. The third-order valence-corrected chi connectivity index (χ3v) is 6.29. The molecule has 0 bridgehead atoms. The van der Waals surface area contributed by atoms with E-state index in [4.69, 9.17) is 0 Å². The van der Waals surface area contributed by atoms with Gasteiger partial charge in [-0.15, -0.1) is 11.3 Å². The molecule has 3 heterocycles. The molecule has 26 heavy (non-hydrogen) atoms. The van der Waals surface area contributed by atoms with Crippen LogP contribution in [0.4, 0.5) is 5.69 Å². The van der Waals surface area contributed by atoms with Crippen molar-refractivity contribution < 1.29 is 5.11 Å². The van der Waals surface area contributed by atoms with Gasteiger partial charge in [-0.25, -0.2) is 0 Å². The second kappa shape index (κ2) is 5.88. The monoisotopic (exact) mass is 362 g/mol. The Morgan fingerprint density at radius 1 is 0.962 bits per heavy atom. The van der Waals surface area contributed by atoms with Crippen LogP contribution in [-0.4, -0.2) is 23.2 Å². The van der Waals surface area contributed by atoms with E-state index in [1.807, 2.05) is 18.2 Å². The van der Waals surface area contributed by atoms with Gasteiger partial charge in [-0.3, -0.25) is 4.79 Å². The molecular formula is C21H18N2O2S. The van der Waals surface area contributed by atoms with Crippen LogP contribution in [0.15, 0.2) is 53.3 Å². The fourth-order valence-corrected chi connectivity index (χ4v) is 4.82. The topological polar surface area (TPSA) is 56.3 Å². The number of hydrogen-bond donors (Lipinski definition) is 2. The van der Waals surface area contributed by atoms with Crippen LogP contribution in [0, 0.1) is 0 Å². The third kappa shape index (κ3) is 2.47. The van der Waals surface area contributed by atoms with Gasteiger partial charge in [0.1, 0.15) is 10.4 Å². The predicted molar refractivity (Wildman–Crippen MR) is 108 cm³/mol. The number of aromatic hydroxyl groups is 1. The number of aromatic amines is 1. The van der Waals surface area contributed by atoms with Crippen molar-refractivity contribution in [3.05, 3.63) is 58.9 Å². The van der Waals surface area contributed by atoms with Crippen LogP contribution in [-0.2, 0) is 0 Å². The number of phenols is 1. The van der Waals surface area contributed by atoms with Crippen molar-refractivity contribution in [3.63, 3.8) is 0 Å². The minimum atomic E-state index is -0.0450. The van der Waals surface area contributed by atoms with Crippen LogP contribution < -0.4 is 10.5 Å². The van der Waals surface area contributed by atoms with Crippen molar-refractivity contribution in [2.75, 3.05) is 18.0 Å². The Morgan fingerprint density at radius 2 is 1.73 bits per heavy atom. The largest absolute Gasteiger partial charge is 0.508 e. The molecule has 0 unspecified atom stereocenters. The zero-order valence-electron chi connectivity index (χ0n) is 14.2. The number of thiophene rings is 1. The quantitative estimate of drug-likeness (QED) is 0.543. The summed E-state index contributed by atoms with van der Waals surface area (Å²) in [4.78, 5) is 19.0.